The fourth-order valence-corrected chi connectivity index (χ4v) is 2.87. The van der Waals surface area contributed by atoms with Crippen LogP contribution in [0.2, 0.25) is 0 Å². The van der Waals surface area contributed by atoms with Crippen molar-refractivity contribution in [3.8, 4) is 11.1 Å². The van der Waals surface area contributed by atoms with Crippen LogP contribution >= 0.6 is 0 Å². The third kappa shape index (κ3) is 3.22. The highest BCUT2D eigenvalue weighted by atomic mass is 19.4. The molecule has 25 heavy (non-hydrogen) atoms. The van der Waals surface area contributed by atoms with Gasteiger partial charge < -0.3 is 10.6 Å². The molecule has 0 spiro atoms. The number of amides is 2. The van der Waals surface area contributed by atoms with Gasteiger partial charge in [-0.3, -0.25) is 9.59 Å². The predicted octanol–water partition coefficient (Wildman–Crippen LogP) is 3.07. The highest BCUT2D eigenvalue weighted by Gasteiger charge is 2.37. The Bertz CT molecular complexity index is 833. The zero-order valence-electron chi connectivity index (χ0n) is 13.1. The summed E-state index contributed by atoms with van der Waals surface area (Å²) in [5.41, 5.74) is 5.39. The lowest BCUT2D eigenvalue weighted by atomic mass is 9.94. The number of benzene rings is 2. The number of hydrogen-bond acceptors (Lipinski definition) is 2. The molecule has 1 aliphatic heterocycles. The first kappa shape index (κ1) is 17.0. The van der Waals surface area contributed by atoms with E-state index >= 15 is 0 Å². The van der Waals surface area contributed by atoms with Gasteiger partial charge in [-0.15, -0.1) is 0 Å². The summed E-state index contributed by atoms with van der Waals surface area (Å²) in [6.07, 6.45) is -3.98. The van der Waals surface area contributed by atoms with Gasteiger partial charge in [-0.25, -0.2) is 0 Å². The van der Waals surface area contributed by atoms with Crippen LogP contribution in [0.15, 0.2) is 48.5 Å². The standard InChI is InChI=1S/C18H15F3N2O2/c19-18(20,21)12-5-3-4-11(10-12)13-6-1-2-7-14(13)17(25)23-9-8-15(23)16(22)24/h1-7,10,15H,8-9H2,(H2,22,24). The Hall–Kier alpha value is -2.83. The molecule has 7 heteroatoms. The molecule has 1 heterocycles. The average Bonchev–Trinajstić information content (AvgIpc) is 2.52. The van der Waals surface area contributed by atoms with Crippen LogP contribution in [0.25, 0.3) is 11.1 Å². The lowest BCUT2D eigenvalue weighted by Crippen LogP contribution is -2.57. The first-order valence-electron chi connectivity index (χ1n) is 7.66. The summed E-state index contributed by atoms with van der Waals surface area (Å²) in [6.45, 7) is 0.392. The number of likely N-dealkylation sites (tertiary alicyclic amines) is 1. The Morgan fingerprint density at radius 1 is 1.08 bits per heavy atom. The maximum atomic E-state index is 12.9. The highest BCUT2D eigenvalue weighted by molar-refractivity contribution is 6.03. The number of primary amides is 1. The molecule has 2 aromatic rings. The smallest absolute Gasteiger partial charge is 0.368 e. The van der Waals surface area contributed by atoms with Gasteiger partial charge in [0.2, 0.25) is 5.91 Å². The van der Waals surface area contributed by atoms with Gasteiger partial charge in [-0.1, -0.05) is 30.3 Å². The molecular formula is C18H15F3N2O2. The molecule has 1 unspecified atom stereocenters. The topological polar surface area (TPSA) is 63.4 Å². The fraction of sp³-hybridized carbons (Fsp3) is 0.222. The number of nitrogens with two attached hydrogens (primary N) is 1. The monoisotopic (exact) mass is 348 g/mol. The molecule has 0 bridgehead atoms. The van der Waals surface area contributed by atoms with Crippen molar-refractivity contribution in [1.29, 1.82) is 0 Å². The molecule has 130 valence electrons. The lowest BCUT2D eigenvalue weighted by molar-refractivity contribution is -0.137. The molecule has 2 amide bonds. The van der Waals surface area contributed by atoms with Crippen LogP contribution in [0.3, 0.4) is 0 Å². The van der Waals surface area contributed by atoms with Gasteiger partial charge in [0.1, 0.15) is 6.04 Å². The molecule has 0 radical (unpaired) electrons. The van der Waals surface area contributed by atoms with Gasteiger partial charge in [0.05, 0.1) is 5.56 Å². The predicted molar refractivity (Wildman–Crippen MR) is 85.5 cm³/mol. The van der Waals surface area contributed by atoms with Gasteiger partial charge in [0.25, 0.3) is 5.91 Å². The first-order chi connectivity index (χ1) is 11.8. The van der Waals surface area contributed by atoms with Crippen molar-refractivity contribution in [2.24, 2.45) is 5.73 Å². The van der Waals surface area contributed by atoms with E-state index in [1.165, 1.54) is 23.1 Å². The molecule has 3 rings (SSSR count). The van der Waals surface area contributed by atoms with E-state index in [0.29, 0.717) is 18.5 Å². The largest absolute Gasteiger partial charge is 0.416 e. The summed E-state index contributed by atoms with van der Waals surface area (Å²) in [7, 11) is 0. The average molecular weight is 348 g/mol. The van der Waals surface area contributed by atoms with Gasteiger partial charge >= 0.3 is 6.18 Å². The third-order valence-corrected chi connectivity index (χ3v) is 4.27. The maximum Gasteiger partial charge on any atom is 0.416 e. The number of carbonyl (C=O) groups excluding carboxylic acids is 2. The Kier molecular flexibility index (Phi) is 4.24. The number of alkyl halides is 3. The maximum absolute atomic E-state index is 12.9. The minimum Gasteiger partial charge on any atom is -0.368 e. The van der Waals surface area contributed by atoms with Crippen LogP contribution in [-0.4, -0.2) is 29.3 Å². The number of carbonyl (C=O) groups is 2. The number of halogens is 3. The van der Waals surface area contributed by atoms with E-state index in [9.17, 15) is 22.8 Å². The normalized spacial score (nSPS) is 17.1. The number of nitrogens with zero attached hydrogens (tertiary/aromatic N) is 1. The van der Waals surface area contributed by atoms with E-state index in [-0.39, 0.29) is 11.1 Å². The van der Waals surface area contributed by atoms with E-state index in [2.05, 4.69) is 0 Å². The second kappa shape index (κ2) is 6.23. The number of hydrogen-bond donors (Lipinski definition) is 1. The zero-order valence-corrected chi connectivity index (χ0v) is 13.1. The Labute approximate surface area is 142 Å². The van der Waals surface area contributed by atoms with Gasteiger partial charge in [-0.2, -0.15) is 13.2 Å². The van der Waals surface area contributed by atoms with E-state index in [1.807, 2.05) is 0 Å². The van der Waals surface area contributed by atoms with Gasteiger partial charge in [0.15, 0.2) is 0 Å². The van der Waals surface area contributed by atoms with Crippen molar-refractivity contribution < 1.29 is 22.8 Å². The van der Waals surface area contributed by atoms with E-state index in [4.69, 9.17) is 5.73 Å². The second-order valence-corrected chi connectivity index (χ2v) is 5.83. The van der Waals surface area contributed by atoms with Crippen molar-refractivity contribution >= 4 is 11.8 Å². The van der Waals surface area contributed by atoms with E-state index < -0.39 is 29.6 Å². The summed E-state index contributed by atoms with van der Waals surface area (Å²) < 4.78 is 38.8. The third-order valence-electron chi connectivity index (χ3n) is 4.27. The number of rotatable bonds is 3. The van der Waals surface area contributed by atoms with Crippen LogP contribution in [-0.2, 0) is 11.0 Å². The summed E-state index contributed by atoms with van der Waals surface area (Å²) >= 11 is 0. The van der Waals surface area contributed by atoms with Crippen LogP contribution in [0.4, 0.5) is 13.2 Å². The molecule has 0 saturated carbocycles. The Morgan fingerprint density at radius 3 is 2.40 bits per heavy atom. The van der Waals surface area contributed by atoms with Crippen molar-refractivity contribution in [3.05, 3.63) is 59.7 Å². The van der Waals surface area contributed by atoms with Crippen molar-refractivity contribution in [2.75, 3.05) is 6.54 Å². The molecule has 4 nitrogen and oxygen atoms in total. The summed E-state index contributed by atoms with van der Waals surface area (Å²) in [5, 5.41) is 0. The van der Waals surface area contributed by atoms with E-state index in [1.54, 1.807) is 18.2 Å². The highest BCUT2D eigenvalue weighted by Crippen LogP contribution is 2.34. The minimum absolute atomic E-state index is 0.243. The van der Waals surface area contributed by atoms with Crippen molar-refractivity contribution in [3.63, 3.8) is 0 Å². The van der Waals surface area contributed by atoms with Gasteiger partial charge in [-0.05, 0) is 35.7 Å². The van der Waals surface area contributed by atoms with Crippen molar-refractivity contribution in [2.45, 2.75) is 18.6 Å². The molecule has 1 aliphatic rings. The van der Waals surface area contributed by atoms with Crippen LogP contribution in [0.1, 0.15) is 22.3 Å². The molecule has 2 N–H and O–H groups in total. The van der Waals surface area contributed by atoms with Gasteiger partial charge in [0, 0.05) is 12.1 Å². The molecular weight excluding hydrogens is 333 g/mol. The Morgan fingerprint density at radius 2 is 1.80 bits per heavy atom. The zero-order chi connectivity index (χ0) is 18.2. The van der Waals surface area contributed by atoms with Crippen LogP contribution in [0, 0.1) is 0 Å². The summed E-state index contributed by atoms with van der Waals surface area (Å²) in [6, 6.07) is 10.5. The molecule has 0 aliphatic carbocycles. The summed E-state index contributed by atoms with van der Waals surface area (Å²) in [5.74, 6) is -1.00. The SMILES string of the molecule is NC(=O)C1CCN1C(=O)c1ccccc1-c1cccc(C(F)(F)F)c1. The van der Waals surface area contributed by atoms with E-state index in [0.717, 1.165) is 12.1 Å². The first-order valence-corrected chi connectivity index (χ1v) is 7.66. The fourth-order valence-electron chi connectivity index (χ4n) is 2.87. The van der Waals surface area contributed by atoms with Crippen LogP contribution < -0.4 is 5.73 Å². The molecule has 1 fully saturated rings. The summed E-state index contributed by atoms with van der Waals surface area (Å²) in [4.78, 5) is 25.4. The lowest BCUT2D eigenvalue weighted by Gasteiger charge is -2.39. The minimum atomic E-state index is -4.47. The molecule has 0 aromatic heterocycles. The Balaban J connectivity index is 2.00. The van der Waals surface area contributed by atoms with Crippen LogP contribution in [0.5, 0.6) is 0 Å². The molecule has 1 saturated heterocycles. The van der Waals surface area contributed by atoms with Crippen molar-refractivity contribution in [1.82, 2.24) is 4.90 Å². The molecule has 2 aromatic carbocycles. The molecule has 1 atom stereocenters. The second-order valence-electron chi connectivity index (χ2n) is 5.83. The quantitative estimate of drug-likeness (QED) is 0.927.